The second-order valence-electron chi connectivity index (χ2n) is 5.53. The maximum absolute atomic E-state index is 11.7. The Morgan fingerprint density at radius 2 is 1.80 bits per heavy atom. The average molecular weight is 415 g/mol. The van der Waals surface area contributed by atoms with Crippen molar-refractivity contribution in [1.82, 2.24) is 10.9 Å². The molecule has 138 valence electrons. The molecular weight excluding hydrogens is 392 g/mol. The van der Waals surface area contributed by atoms with E-state index in [0.717, 1.165) is 10.0 Å². The normalized spacial score (nSPS) is 10.3. The van der Waals surface area contributed by atoms with Crippen LogP contribution in [0.5, 0.6) is 5.75 Å². The quantitative estimate of drug-likeness (QED) is 0.503. The van der Waals surface area contributed by atoms with E-state index >= 15 is 0 Å². The van der Waals surface area contributed by atoms with Crippen molar-refractivity contribution in [2.24, 2.45) is 0 Å². The zero-order valence-corrected chi connectivity index (χ0v) is 16.1. The second kappa shape index (κ2) is 10.7. The fourth-order valence-corrected chi connectivity index (χ4v) is 2.33. The summed E-state index contributed by atoms with van der Waals surface area (Å²) in [5, 5.41) is 0. The van der Waals surface area contributed by atoms with Gasteiger partial charge in [-0.25, -0.2) is 0 Å². The lowest BCUT2D eigenvalue weighted by Gasteiger charge is -2.12. The highest BCUT2D eigenvalue weighted by Crippen LogP contribution is 2.28. The van der Waals surface area contributed by atoms with Crippen LogP contribution in [0.3, 0.4) is 0 Å². The van der Waals surface area contributed by atoms with Crippen molar-refractivity contribution in [3.63, 3.8) is 0 Å². The van der Waals surface area contributed by atoms with E-state index in [4.69, 9.17) is 9.47 Å². The first-order valence-corrected chi connectivity index (χ1v) is 8.78. The summed E-state index contributed by atoms with van der Waals surface area (Å²) >= 11 is 3.40. The van der Waals surface area contributed by atoms with Crippen molar-refractivity contribution >= 4 is 33.7 Å². The number of hydrogen-bond donors (Lipinski definition) is 2. The summed E-state index contributed by atoms with van der Waals surface area (Å²) < 4.78 is 10.9. The minimum Gasteiger partial charge on any atom is -0.483 e. The van der Waals surface area contributed by atoms with Gasteiger partial charge in [0.05, 0.1) is 17.5 Å². The van der Waals surface area contributed by atoms with Gasteiger partial charge in [0, 0.05) is 6.42 Å². The first kappa shape index (κ1) is 21.0. The SMILES string of the molecule is CCOC(=O)CCC(=O)NNC(=O)COc1ccc(C(C)C)cc1Br. The predicted molar refractivity (Wildman–Crippen MR) is 95.9 cm³/mol. The van der Waals surface area contributed by atoms with Crippen molar-refractivity contribution in [2.75, 3.05) is 13.2 Å². The van der Waals surface area contributed by atoms with Crippen LogP contribution in [0.2, 0.25) is 0 Å². The van der Waals surface area contributed by atoms with Crippen molar-refractivity contribution in [3.05, 3.63) is 28.2 Å². The van der Waals surface area contributed by atoms with Crippen molar-refractivity contribution in [2.45, 2.75) is 39.5 Å². The molecule has 0 radical (unpaired) electrons. The highest BCUT2D eigenvalue weighted by Gasteiger charge is 2.10. The van der Waals surface area contributed by atoms with Gasteiger partial charge in [0.2, 0.25) is 5.91 Å². The third kappa shape index (κ3) is 8.02. The maximum atomic E-state index is 11.7. The van der Waals surface area contributed by atoms with Gasteiger partial charge in [-0.3, -0.25) is 25.2 Å². The summed E-state index contributed by atoms with van der Waals surface area (Å²) in [5.41, 5.74) is 5.59. The van der Waals surface area contributed by atoms with Crippen molar-refractivity contribution in [3.8, 4) is 5.75 Å². The third-order valence-corrected chi connectivity index (χ3v) is 3.80. The van der Waals surface area contributed by atoms with Crippen LogP contribution in [0, 0.1) is 0 Å². The van der Waals surface area contributed by atoms with E-state index in [9.17, 15) is 14.4 Å². The molecule has 0 aliphatic heterocycles. The molecule has 1 rings (SSSR count). The number of nitrogens with one attached hydrogen (secondary N) is 2. The lowest BCUT2D eigenvalue weighted by atomic mass is 10.0. The first-order valence-electron chi connectivity index (χ1n) is 7.99. The molecule has 1 aromatic carbocycles. The highest BCUT2D eigenvalue weighted by atomic mass is 79.9. The summed E-state index contributed by atoms with van der Waals surface area (Å²) in [6, 6.07) is 5.65. The van der Waals surface area contributed by atoms with Gasteiger partial charge < -0.3 is 9.47 Å². The Bertz CT molecular complexity index is 619. The zero-order valence-electron chi connectivity index (χ0n) is 14.6. The second-order valence-corrected chi connectivity index (χ2v) is 6.39. The van der Waals surface area contributed by atoms with Gasteiger partial charge >= 0.3 is 5.97 Å². The van der Waals surface area contributed by atoms with E-state index in [1.807, 2.05) is 12.1 Å². The number of hydrazine groups is 1. The summed E-state index contributed by atoms with van der Waals surface area (Å²) in [4.78, 5) is 34.3. The molecule has 2 N–H and O–H groups in total. The largest absolute Gasteiger partial charge is 0.483 e. The Morgan fingerprint density at radius 3 is 2.40 bits per heavy atom. The summed E-state index contributed by atoms with van der Waals surface area (Å²) in [6.07, 6.45) is -0.108. The molecule has 25 heavy (non-hydrogen) atoms. The van der Waals surface area contributed by atoms with Crippen LogP contribution in [0.4, 0.5) is 0 Å². The lowest BCUT2D eigenvalue weighted by molar-refractivity contribution is -0.144. The number of amides is 2. The summed E-state index contributed by atoms with van der Waals surface area (Å²) in [5.74, 6) is -0.526. The Kier molecular flexibility index (Phi) is 8.98. The Labute approximate surface area is 155 Å². The molecule has 0 aliphatic carbocycles. The maximum Gasteiger partial charge on any atom is 0.306 e. The molecule has 7 nitrogen and oxygen atoms in total. The molecule has 1 aromatic rings. The number of rotatable bonds is 8. The molecule has 0 saturated carbocycles. The number of hydrogen-bond acceptors (Lipinski definition) is 5. The Morgan fingerprint density at radius 1 is 1.12 bits per heavy atom. The summed E-state index contributed by atoms with van der Waals surface area (Å²) in [6.45, 7) is 5.87. The lowest BCUT2D eigenvalue weighted by Crippen LogP contribution is -2.43. The van der Waals surface area contributed by atoms with E-state index in [1.54, 1.807) is 13.0 Å². The van der Waals surface area contributed by atoms with Crippen LogP contribution in [-0.2, 0) is 19.1 Å². The fraction of sp³-hybridized carbons (Fsp3) is 0.471. The van der Waals surface area contributed by atoms with Crippen LogP contribution in [0.15, 0.2) is 22.7 Å². The van der Waals surface area contributed by atoms with E-state index in [2.05, 4.69) is 40.6 Å². The number of halogens is 1. The number of ether oxygens (including phenoxy) is 2. The number of carbonyl (C=O) groups is 3. The predicted octanol–water partition coefficient (Wildman–Crippen LogP) is 2.44. The average Bonchev–Trinajstić information content (AvgIpc) is 2.57. The minimum atomic E-state index is -0.510. The van der Waals surface area contributed by atoms with Crippen LogP contribution >= 0.6 is 15.9 Å². The van der Waals surface area contributed by atoms with Gasteiger partial charge in [-0.15, -0.1) is 0 Å². The number of esters is 1. The van der Waals surface area contributed by atoms with Crippen LogP contribution < -0.4 is 15.6 Å². The number of benzene rings is 1. The van der Waals surface area contributed by atoms with E-state index in [-0.39, 0.29) is 26.1 Å². The molecule has 0 aromatic heterocycles. The van der Waals surface area contributed by atoms with Crippen molar-refractivity contribution < 1.29 is 23.9 Å². The third-order valence-electron chi connectivity index (χ3n) is 3.18. The van der Waals surface area contributed by atoms with Crippen LogP contribution in [-0.4, -0.2) is 31.0 Å². The monoisotopic (exact) mass is 414 g/mol. The molecule has 0 aliphatic rings. The van der Waals surface area contributed by atoms with E-state index in [0.29, 0.717) is 11.7 Å². The zero-order chi connectivity index (χ0) is 18.8. The van der Waals surface area contributed by atoms with Gasteiger partial charge in [-0.2, -0.15) is 0 Å². The van der Waals surface area contributed by atoms with Crippen molar-refractivity contribution in [1.29, 1.82) is 0 Å². The number of carbonyl (C=O) groups excluding carboxylic acids is 3. The van der Waals surface area contributed by atoms with Gasteiger partial charge in [-0.1, -0.05) is 19.9 Å². The highest BCUT2D eigenvalue weighted by molar-refractivity contribution is 9.10. The molecule has 2 amide bonds. The first-order chi connectivity index (χ1) is 11.8. The standard InChI is InChI=1S/C17H23BrN2O5/c1-4-24-17(23)8-7-15(21)19-20-16(22)10-25-14-6-5-12(11(2)3)9-13(14)18/h5-6,9,11H,4,7-8,10H2,1-3H3,(H,19,21)(H,20,22). The minimum absolute atomic E-state index is 0.0405. The molecule has 0 heterocycles. The van der Waals surface area contributed by atoms with Gasteiger partial charge in [-0.05, 0) is 46.5 Å². The van der Waals surface area contributed by atoms with Gasteiger partial charge in [0.1, 0.15) is 5.75 Å². The molecule has 8 heteroatoms. The molecule has 0 fully saturated rings. The molecule has 0 atom stereocenters. The smallest absolute Gasteiger partial charge is 0.306 e. The van der Waals surface area contributed by atoms with Gasteiger partial charge in [0.15, 0.2) is 6.61 Å². The van der Waals surface area contributed by atoms with Gasteiger partial charge in [0.25, 0.3) is 5.91 Å². The Hall–Kier alpha value is -2.09. The van der Waals surface area contributed by atoms with E-state index < -0.39 is 17.8 Å². The molecule has 0 bridgehead atoms. The molecule has 0 spiro atoms. The molecule has 0 unspecified atom stereocenters. The van der Waals surface area contributed by atoms with Crippen LogP contribution in [0.1, 0.15) is 45.1 Å². The Balaban J connectivity index is 2.33. The summed E-state index contributed by atoms with van der Waals surface area (Å²) in [7, 11) is 0. The topological polar surface area (TPSA) is 93.7 Å². The molecule has 0 saturated heterocycles. The van der Waals surface area contributed by atoms with Crippen LogP contribution in [0.25, 0.3) is 0 Å². The molecular formula is C17H23BrN2O5. The fourth-order valence-electron chi connectivity index (χ4n) is 1.82. The van der Waals surface area contributed by atoms with E-state index in [1.165, 1.54) is 0 Å².